The minimum atomic E-state index is 1.02. The summed E-state index contributed by atoms with van der Waals surface area (Å²) in [6, 6.07) is 0. The summed E-state index contributed by atoms with van der Waals surface area (Å²) in [5.74, 6) is 0. The van der Waals surface area contributed by atoms with Crippen molar-refractivity contribution in [3.63, 3.8) is 0 Å². The van der Waals surface area contributed by atoms with Gasteiger partial charge in [-0.2, -0.15) is 0 Å². The Morgan fingerprint density at radius 2 is 1.25 bits per heavy atom. The maximum absolute atomic E-state index is 2.20. The summed E-state index contributed by atoms with van der Waals surface area (Å²) in [6.07, 6.45) is 22.5. The second kappa shape index (κ2) is 6.66. The van der Waals surface area contributed by atoms with Crippen molar-refractivity contribution in [2.75, 3.05) is 0 Å². The first-order valence-corrected chi connectivity index (χ1v) is 4.47. The lowest BCUT2D eigenvalue weighted by atomic mass is 10.2. The summed E-state index contributed by atoms with van der Waals surface area (Å²) < 4.78 is 0. The van der Waals surface area contributed by atoms with Crippen LogP contribution in [0.5, 0.6) is 0 Å². The molecule has 0 spiro atoms. The summed E-state index contributed by atoms with van der Waals surface area (Å²) in [6.45, 7) is 0. The highest BCUT2D eigenvalue weighted by atomic mass is 13.8. The van der Waals surface area contributed by atoms with Gasteiger partial charge in [-0.15, -0.1) is 0 Å². The minimum Gasteiger partial charge on any atom is -0.0842 e. The molecule has 1 rings (SSSR count). The Morgan fingerprint density at radius 3 is 2.08 bits per heavy atom. The molecule has 0 bridgehead atoms. The van der Waals surface area contributed by atoms with Gasteiger partial charge in [0.15, 0.2) is 0 Å². The van der Waals surface area contributed by atoms with E-state index in [0.717, 1.165) is 19.3 Å². The van der Waals surface area contributed by atoms with Crippen LogP contribution in [0.2, 0.25) is 0 Å². The lowest BCUT2D eigenvalue weighted by Gasteiger charge is -1.88. The van der Waals surface area contributed by atoms with Crippen molar-refractivity contribution < 1.29 is 0 Å². The highest BCUT2D eigenvalue weighted by Gasteiger charge is 1.78. The van der Waals surface area contributed by atoms with Crippen LogP contribution in [0.4, 0.5) is 0 Å². The second-order valence-corrected chi connectivity index (χ2v) is 2.72. The van der Waals surface area contributed by atoms with Crippen molar-refractivity contribution in [1.29, 1.82) is 0 Å². The minimum absolute atomic E-state index is 1.02. The maximum Gasteiger partial charge on any atom is -0.0130 e. The van der Waals surface area contributed by atoms with Gasteiger partial charge >= 0.3 is 0 Å². The van der Waals surface area contributed by atoms with Gasteiger partial charge in [-0.1, -0.05) is 48.6 Å². The van der Waals surface area contributed by atoms with E-state index >= 15 is 0 Å². The van der Waals surface area contributed by atoms with Crippen molar-refractivity contribution in [2.24, 2.45) is 0 Å². The van der Waals surface area contributed by atoms with Crippen molar-refractivity contribution in [3.8, 4) is 0 Å². The standard InChI is InChI=1S/C12H15/c1-2-4-6-8-10-12-11-9-7-5-3-1/h1-5,8,10-12H,6-7,9H2/b2-1+,5-3-,10-8+,12-11-. The van der Waals surface area contributed by atoms with Gasteiger partial charge in [0.1, 0.15) is 0 Å². The number of rotatable bonds is 0. The van der Waals surface area contributed by atoms with Gasteiger partial charge in [0.25, 0.3) is 0 Å². The molecule has 0 unspecified atom stereocenters. The average molecular weight is 159 g/mol. The van der Waals surface area contributed by atoms with E-state index in [-0.39, 0.29) is 0 Å². The van der Waals surface area contributed by atoms with Crippen LogP contribution in [-0.2, 0) is 0 Å². The first-order valence-electron chi connectivity index (χ1n) is 4.47. The monoisotopic (exact) mass is 159 g/mol. The van der Waals surface area contributed by atoms with Crippen molar-refractivity contribution in [2.45, 2.75) is 19.3 Å². The fraction of sp³-hybridized carbons (Fsp3) is 0.250. The zero-order valence-corrected chi connectivity index (χ0v) is 7.32. The molecule has 1 aliphatic rings. The van der Waals surface area contributed by atoms with Gasteiger partial charge in [-0.05, 0) is 25.7 Å². The summed E-state index contributed by atoms with van der Waals surface area (Å²) in [7, 11) is 0. The lowest BCUT2D eigenvalue weighted by Crippen LogP contribution is -1.68. The van der Waals surface area contributed by atoms with Gasteiger partial charge in [0.2, 0.25) is 0 Å². The molecule has 0 aliphatic heterocycles. The van der Waals surface area contributed by atoms with E-state index < -0.39 is 0 Å². The molecule has 0 N–H and O–H groups in total. The normalized spacial score (nSPS) is 29.3. The lowest BCUT2D eigenvalue weighted by molar-refractivity contribution is 1.05. The number of allylic oxidation sites excluding steroid dienone is 8. The molecule has 0 saturated carbocycles. The van der Waals surface area contributed by atoms with E-state index in [4.69, 9.17) is 0 Å². The predicted octanol–water partition coefficient (Wildman–Crippen LogP) is 3.60. The second-order valence-electron chi connectivity index (χ2n) is 2.72. The molecule has 1 radical (unpaired) electrons. The van der Waals surface area contributed by atoms with Gasteiger partial charge in [-0.3, -0.25) is 0 Å². The quantitative estimate of drug-likeness (QED) is 0.506. The highest BCUT2D eigenvalue weighted by Crippen LogP contribution is 1.98. The number of hydrogen-bond donors (Lipinski definition) is 0. The molecule has 0 atom stereocenters. The summed E-state index contributed by atoms with van der Waals surface area (Å²) in [4.78, 5) is 0. The Hall–Kier alpha value is -1.04. The van der Waals surface area contributed by atoms with Crippen molar-refractivity contribution >= 4 is 0 Å². The van der Waals surface area contributed by atoms with Crippen LogP contribution in [0.15, 0.2) is 48.6 Å². The topological polar surface area (TPSA) is 0 Å². The smallest absolute Gasteiger partial charge is 0.0130 e. The Morgan fingerprint density at radius 1 is 0.583 bits per heavy atom. The van der Waals surface area contributed by atoms with E-state index in [1.54, 1.807) is 0 Å². The molecule has 63 valence electrons. The largest absolute Gasteiger partial charge is 0.0842 e. The summed E-state index contributed by atoms with van der Waals surface area (Å²) >= 11 is 0. The molecule has 0 nitrogen and oxygen atoms in total. The van der Waals surface area contributed by atoms with Gasteiger partial charge in [-0.25, -0.2) is 0 Å². The van der Waals surface area contributed by atoms with E-state index in [0.29, 0.717) is 0 Å². The SMILES string of the molecule is [CH]1/C=C/C=C\CC/C=C\C=C\C1. The Kier molecular flexibility index (Phi) is 5.02. The molecular weight excluding hydrogens is 144 g/mol. The van der Waals surface area contributed by atoms with Gasteiger partial charge < -0.3 is 0 Å². The van der Waals surface area contributed by atoms with Crippen LogP contribution in [-0.4, -0.2) is 0 Å². The molecule has 0 aromatic rings. The fourth-order valence-electron chi connectivity index (χ4n) is 0.999. The van der Waals surface area contributed by atoms with Gasteiger partial charge in [0, 0.05) is 0 Å². The average Bonchev–Trinajstić information content (AvgIpc) is 2.05. The molecule has 0 heterocycles. The van der Waals surface area contributed by atoms with E-state index in [1.807, 2.05) is 0 Å². The van der Waals surface area contributed by atoms with E-state index in [2.05, 4.69) is 55.0 Å². The fourth-order valence-corrected chi connectivity index (χ4v) is 0.999. The molecule has 0 fully saturated rings. The van der Waals surface area contributed by atoms with Crippen LogP contribution >= 0.6 is 0 Å². The van der Waals surface area contributed by atoms with E-state index in [9.17, 15) is 0 Å². The molecule has 12 heavy (non-hydrogen) atoms. The summed E-state index contributed by atoms with van der Waals surface area (Å²) in [5, 5.41) is 0. The van der Waals surface area contributed by atoms with Crippen LogP contribution in [0.25, 0.3) is 0 Å². The van der Waals surface area contributed by atoms with Crippen molar-refractivity contribution in [3.05, 3.63) is 55.0 Å². The first kappa shape index (κ1) is 9.05. The molecule has 0 aromatic carbocycles. The third kappa shape index (κ3) is 4.73. The zero-order chi connectivity index (χ0) is 8.49. The predicted molar refractivity (Wildman–Crippen MR) is 54.7 cm³/mol. The third-order valence-electron chi connectivity index (χ3n) is 1.65. The van der Waals surface area contributed by atoms with Crippen molar-refractivity contribution in [1.82, 2.24) is 0 Å². The summed E-state index contributed by atoms with van der Waals surface area (Å²) in [5.41, 5.74) is 0. The number of hydrogen-bond acceptors (Lipinski definition) is 0. The molecule has 1 aliphatic carbocycles. The molecular formula is C12H15. The van der Waals surface area contributed by atoms with Crippen LogP contribution in [0.3, 0.4) is 0 Å². The highest BCUT2D eigenvalue weighted by molar-refractivity contribution is 5.12. The van der Waals surface area contributed by atoms with Crippen LogP contribution in [0, 0.1) is 6.42 Å². The third-order valence-corrected chi connectivity index (χ3v) is 1.65. The molecule has 0 heteroatoms. The van der Waals surface area contributed by atoms with Crippen LogP contribution < -0.4 is 0 Å². The first-order chi connectivity index (χ1) is 6.00. The van der Waals surface area contributed by atoms with E-state index in [1.165, 1.54) is 0 Å². The maximum atomic E-state index is 2.20. The Balaban J connectivity index is 2.40. The molecule has 0 aromatic heterocycles. The van der Waals surface area contributed by atoms with Gasteiger partial charge in [0.05, 0.1) is 0 Å². The molecule has 0 amide bonds. The molecule has 0 saturated heterocycles. The van der Waals surface area contributed by atoms with Crippen LogP contribution in [0.1, 0.15) is 19.3 Å². The zero-order valence-electron chi connectivity index (χ0n) is 7.32. The Bertz CT molecular complexity index is 156. The Labute approximate surface area is 75.0 Å².